The van der Waals surface area contributed by atoms with Crippen LogP contribution in [-0.2, 0) is 19.9 Å². The van der Waals surface area contributed by atoms with E-state index in [4.69, 9.17) is 5.73 Å². The average Bonchev–Trinajstić information content (AvgIpc) is 2.61. The summed E-state index contributed by atoms with van der Waals surface area (Å²) in [6.07, 6.45) is 5.73. The van der Waals surface area contributed by atoms with E-state index in [1.807, 2.05) is 42.2 Å². The van der Waals surface area contributed by atoms with Crippen molar-refractivity contribution in [2.24, 2.45) is 7.05 Å². The summed E-state index contributed by atoms with van der Waals surface area (Å²) in [6, 6.07) is 8.01. The van der Waals surface area contributed by atoms with Gasteiger partial charge < -0.3 is 10.3 Å². The van der Waals surface area contributed by atoms with Gasteiger partial charge in [0.1, 0.15) is 5.82 Å². The molecule has 0 aliphatic rings. The molecule has 0 amide bonds. The molecule has 0 unspecified atom stereocenters. The van der Waals surface area contributed by atoms with Crippen LogP contribution in [0.4, 0.5) is 5.69 Å². The van der Waals surface area contributed by atoms with Crippen molar-refractivity contribution in [3.8, 4) is 0 Å². The van der Waals surface area contributed by atoms with Gasteiger partial charge in [-0.25, -0.2) is 4.98 Å². The molecule has 0 spiro atoms. The summed E-state index contributed by atoms with van der Waals surface area (Å²) in [5.74, 6) is 1.11. The van der Waals surface area contributed by atoms with Crippen LogP contribution < -0.4 is 5.73 Å². The Kier molecular flexibility index (Phi) is 2.72. The highest BCUT2D eigenvalue weighted by Gasteiger charge is 2.00. The van der Waals surface area contributed by atoms with Crippen molar-refractivity contribution >= 4 is 5.69 Å². The van der Waals surface area contributed by atoms with Gasteiger partial charge in [0, 0.05) is 31.5 Å². The molecule has 3 heteroatoms. The highest BCUT2D eigenvalue weighted by Crippen LogP contribution is 2.09. The molecule has 0 fully saturated rings. The average molecular weight is 201 g/mol. The van der Waals surface area contributed by atoms with Crippen molar-refractivity contribution in [2.75, 3.05) is 5.73 Å². The van der Waals surface area contributed by atoms with Crippen molar-refractivity contribution in [3.63, 3.8) is 0 Å². The Morgan fingerprint density at radius 3 is 2.87 bits per heavy atom. The van der Waals surface area contributed by atoms with Crippen LogP contribution in [0.2, 0.25) is 0 Å². The first-order valence-corrected chi connectivity index (χ1v) is 5.06. The van der Waals surface area contributed by atoms with Crippen LogP contribution in [0.3, 0.4) is 0 Å². The third kappa shape index (κ3) is 2.37. The van der Waals surface area contributed by atoms with E-state index < -0.39 is 0 Å². The minimum absolute atomic E-state index is 0.826. The molecule has 2 rings (SSSR count). The first kappa shape index (κ1) is 9.77. The van der Waals surface area contributed by atoms with E-state index in [2.05, 4.69) is 11.1 Å². The van der Waals surface area contributed by atoms with Crippen LogP contribution in [-0.4, -0.2) is 9.55 Å². The van der Waals surface area contributed by atoms with Crippen LogP contribution in [0, 0.1) is 0 Å². The fraction of sp³-hybridized carbons (Fsp3) is 0.250. The smallest absolute Gasteiger partial charge is 0.108 e. The highest BCUT2D eigenvalue weighted by molar-refractivity contribution is 5.40. The summed E-state index contributed by atoms with van der Waals surface area (Å²) in [4.78, 5) is 4.28. The molecule has 0 aliphatic heterocycles. The molecular formula is C12H15N3. The summed E-state index contributed by atoms with van der Waals surface area (Å²) in [5.41, 5.74) is 7.80. The Bertz CT molecular complexity index is 446. The number of rotatable bonds is 3. The third-order valence-electron chi connectivity index (χ3n) is 2.51. The first-order valence-electron chi connectivity index (χ1n) is 5.06. The maximum absolute atomic E-state index is 5.72. The summed E-state index contributed by atoms with van der Waals surface area (Å²) < 4.78 is 2.05. The van der Waals surface area contributed by atoms with Crippen LogP contribution in [0.25, 0.3) is 0 Å². The maximum atomic E-state index is 5.72. The largest absolute Gasteiger partial charge is 0.399 e. The van der Waals surface area contributed by atoms with Gasteiger partial charge in [0.15, 0.2) is 0 Å². The van der Waals surface area contributed by atoms with Gasteiger partial charge in [0.25, 0.3) is 0 Å². The second-order valence-electron chi connectivity index (χ2n) is 3.70. The van der Waals surface area contributed by atoms with E-state index in [1.54, 1.807) is 0 Å². The number of benzene rings is 1. The molecule has 1 aromatic heterocycles. The molecule has 0 radical (unpaired) electrons. The highest BCUT2D eigenvalue weighted by atomic mass is 15.0. The number of aryl methyl sites for hydroxylation is 3. The lowest BCUT2D eigenvalue weighted by Gasteiger charge is -2.03. The monoisotopic (exact) mass is 201 g/mol. The van der Waals surface area contributed by atoms with Crippen molar-refractivity contribution in [1.82, 2.24) is 9.55 Å². The number of anilines is 1. The van der Waals surface area contributed by atoms with E-state index >= 15 is 0 Å². The quantitative estimate of drug-likeness (QED) is 0.769. The molecule has 0 bridgehead atoms. The molecule has 0 atom stereocenters. The molecule has 0 saturated heterocycles. The number of imidazole rings is 1. The first-order chi connectivity index (χ1) is 7.25. The lowest BCUT2D eigenvalue weighted by molar-refractivity contribution is 0.771. The summed E-state index contributed by atoms with van der Waals surface area (Å²) >= 11 is 0. The zero-order valence-corrected chi connectivity index (χ0v) is 8.85. The van der Waals surface area contributed by atoms with Gasteiger partial charge in [-0.15, -0.1) is 0 Å². The van der Waals surface area contributed by atoms with E-state index in [-0.39, 0.29) is 0 Å². The molecule has 2 aromatic rings. The SMILES string of the molecule is Cn1ccnc1CCc1cccc(N)c1. The molecule has 2 N–H and O–H groups in total. The molecular weight excluding hydrogens is 186 g/mol. The lowest BCUT2D eigenvalue weighted by atomic mass is 10.1. The lowest BCUT2D eigenvalue weighted by Crippen LogP contribution is -2.00. The van der Waals surface area contributed by atoms with Crippen molar-refractivity contribution in [3.05, 3.63) is 48.0 Å². The molecule has 0 aliphatic carbocycles. The second-order valence-corrected chi connectivity index (χ2v) is 3.70. The van der Waals surface area contributed by atoms with Crippen molar-refractivity contribution in [1.29, 1.82) is 0 Å². The van der Waals surface area contributed by atoms with Crippen LogP contribution in [0.1, 0.15) is 11.4 Å². The van der Waals surface area contributed by atoms with E-state index in [0.717, 1.165) is 24.4 Å². The minimum Gasteiger partial charge on any atom is -0.399 e. The Hall–Kier alpha value is -1.77. The zero-order chi connectivity index (χ0) is 10.7. The standard InChI is InChI=1S/C12H15N3/c1-15-8-7-14-12(15)6-5-10-3-2-4-11(13)9-10/h2-4,7-9H,5-6,13H2,1H3. The Labute approximate surface area is 89.6 Å². The van der Waals surface area contributed by atoms with Gasteiger partial charge in [-0.05, 0) is 24.1 Å². The number of nitrogens with zero attached hydrogens (tertiary/aromatic N) is 2. The predicted octanol–water partition coefficient (Wildman–Crippen LogP) is 1.79. The number of hydrogen-bond acceptors (Lipinski definition) is 2. The summed E-state index contributed by atoms with van der Waals surface area (Å²) in [7, 11) is 2.02. The Morgan fingerprint density at radius 1 is 1.33 bits per heavy atom. The topological polar surface area (TPSA) is 43.8 Å². The third-order valence-corrected chi connectivity index (χ3v) is 2.51. The van der Waals surface area contributed by atoms with Gasteiger partial charge in [0.05, 0.1) is 0 Å². The van der Waals surface area contributed by atoms with Crippen LogP contribution in [0.15, 0.2) is 36.7 Å². The Balaban J connectivity index is 2.02. The number of hydrogen-bond donors (Lipinski definition) is 1. The minimum atomic E-state index is 0.826. The number of aromatic nitrogens is 2. The van der Waals surface area contributed by atoms with Gasteiger partial charge in [-0.3, -0.25) is 0 Å². The maximum Gasteiger partial charge on any atom is 0.108 e. The van der Waals surface area contributed by atoms with Crippen molar-refractivity contribution < 1.29 is 0 Å². The van der Waals surface area contributed by atoms with Gasteiger partial charge in [0.2, 0.25) is 0 Å². The zero-order valence-electron chi connectivity index (χ0n) is 8.85. The van der Waals surface area contributed by atoms with Crippen LogP contribution in [0.5, 0.6) is 0 Å². The summed E-state index contributed by atoms with van der Waals surface area (Å²) in [6.45, 7) is 0. The van der Waals surface area contributed by atoms with Gasteiger partial charge in [-0.2, -0.15) is 0 Å². The van der Waals surface area contributed by atoms with E-state index in [1.165, 1.54) is 5.56 Å². The van der Waals surface area contributed by atoms with E-state index in [9.17, 15) is 0 Å². The fourth-order valence-corrected chi connectivity index (χ4v) is 1.64. The fourth-order valence-electron chi connectivity index (χ4n) is 1.64. The number of nitrogen functional groups attached to an aromatic ring is 1. The Morgan fingerprint density at radius 2 is 2.20 bits per heavy atom. The molecule has 1 aromatic carbocycles. The molecule has 78 valence electrons. The van der Waals surface area contributed by atoms with Gasteiger partial charge >= 0.3 is 0 Å². The van der Waals surface area contributed by atoms with Gasteiger partial charge in [-0.1, -0.05) is 12.1 Å². The molecule has 0 saturated carbocycles. The number of nitrogens with two attached hydrogens (primary N) is 1. The summed E-state index contributed by atoms with van der Waals surface area (Å²) in [5, 5.41) is 0. The normalized spacial score (nSPS) is 10.5. The van der Waals surface area contributed by atoms with E-state index in [0.29, 0.717) is 0 Å². The molecule has 15 heavy (non-hydrogen) atoms. The molecule has 3 nitrogen and oxygen atoms in total. The predicted molar refractivity (Wildman–Crippen MR) is 61.5 cm³/mol. The van der Waals surface area contributed by atoms with Crippen molar-refractivity contribution in [2.45, 2.75) is 12.8 Å². The second kappa shape index (κ2) is 4.17. The molecule has 1 heterocycles. The van der Waals surface area contributed by atoms with Crippen LogP contribution >= 0.6 is 0 Å².